The molecule has 1 aromatic rings. The molecule has 2 heterocycles. The summed E-state index contributed by atoms with van der Waals surface area (Å²) < 4.78 is 11.4. The van der Waals surface area contributed by atoms with E-state index >= 15 is 0 Å². The molecule has 2 aliphatic rings. The first-order valence-corrected chi connectivity index (χ1v) is 8.49. The average molecular weight is 334 g/mol. The highest BCUT2D eigenvalue weighted by molar-refractivity contribution is 7.80. The highest BCUT2D eigenvalue weighted by atomic mass is 32.1. The molecule has 0 bridgehead atoms. The lowest BCUT2D eigenvalue weighted by molar-refractivity contribution is -0.117. The van der Waals surface area contributed by atoms with Crippen LogP contribution in [0.4, 0.5) is 5.69 Å². The standard InChI is InChI=1S/C17H22N2O3S/c1-12-16(20)19(17(23)18-12)14-6-4-5-13(9-14)10-21-11-15-7-2-3-8-22-15/h4-6,9,12,15H,2-3,7-8,10-11H2,1H3,(H,18,23). The third kappa shape index (κ3) is 3.88. The molecule has 2 aliphatic heterocycles. The molecule has 3 rings (SSSR count). The van der Waals surface area contributed by atoms with Gasteiger partial charge in [-0.15, -0.1) is 0 Å². The fourth-order valence-corrected chi connectivity index (χ4v) is 3.25. The minimum absolute atomic E-state index is 0.0244. The van der Waals surface area contributed by atoms with Crippen LogP contribution in [0.1, 0.15) is 31.7 Å². The van der Waals surface area contributed by atoms with Crippen molar-refractivity contribution in [3.63, 3.8) is 0 Å². The van der Waals surface area contributed by atoms with Gasteiger partial charge >= 0.3 is 0 Å². The Morgan fingerprint density at radius 3 is 3.00 bits per heavy atom. The number of anilines is 1. The van der Waals surface area contributed by atoms with E-state index < -0.39 is 0 Å². The second kappa shape index (κ2) is 7.38. The van der Waals surface area contributed by atoms with Crippen molar-refractivity contribution in [2.45, 2.75) is 44.9 Å². The van der Waals surface area contributed by atoms with Crippen molar-refractivity contribution >= 4 is 28.9 Å². The molecule has 124 valence electrons. The third-order valence-electron chi connectivity index (χ3n) is 4.15. The smallest absolute Gasteiger partial charge is 0.255 e. The van der Waals surface area contributed by atoms with Gasteiger partial charge in [0.05, 0.1) is 25.0 Å². The lowest BCUT2D eigenvalue weighted by Crippen LogP contribution is -2.30. The summed E-state index contributed by atoms with van der Waals surface area (Å²) >= 11 is 5.24. The van der Waals surface area contributed by atoms with Crippen LogP contribution in [0.5, 0.6) is 0 Å². The number of nitrogens with one attached hydrogen (secondary N) is 1. The molecular formula is C17H22N2O3S. The molecular weight excluding hydrogens is 312 g/mol. The first-order chi connectivity index (χ1) is 11.1. The van der Waals surface area contributed by atoms with Gasteiger partial charge in [0.1, 0.15) is 6.04 Å². The number of hydrogen-bond acceptors (Lipinski definition) is 4. The highest BCUT2D eigenvalue weighted by Crippen LogP contribution is 2.21. The second-order valence-electron chi connectivity index (χ2n) is 6.02. The molecule has 2 saturated heterocycles. The molecule has 1 aromatic carbocycles. The molecule has 0 aliphatic carbocycles. The van der Waals surface area contributed by atoms with E-state index in [4.69, 9.17) is 21.7 Å². The Morgan fingerprint density at radius 1 is 1.43 bits per heavy atom. The van der Waals surface area contributed by atoms with Crippen molar-refractivity contribution < 1.29 is 14.3 Å². The molecule has 1 amide bonds. The molecule has 2 atom stereocenters. The molecule has 0 spiro atoms. The summed E-state index contributed by atoms with van der Waals surface area (Å²) in [5, 5.41) is 3.44. The zero-order chi connectivity index (χ0) is 16.2. The van der Waals surface area contributed by atoms with Crippen LogP contribution in [-0.2, 0) is 20.9 Å². The Balaban J connectivity index is 1.59. The van der Waals surface area contributed by atoms with E-state index in [9.17, 15) is 4.79 Å². The summed E-state index contributed by atoms with van der Waals surface area (Å²) in [6.07, 6.45) is 3.64. The topological polar surface area (TPSA) is 50.8 Å². The number of carbonyl (C=O) groups is 1. The van der Waals surface area contributed by atoms with Crippen LogP contribution < -0.4 is 10.2 Å². The first-order valence-electron chi connectivity index (χ1n) is 8.08. The van der Waals surface area contributed by atoms with Gasteiger partial charge < -0.3 is 14.8 Å². The number of ether oxygens (including phenoxy) is 2. The summed E-state index contributed by atoms with van der Waals surface area (Å²) in [4.78, 5) is 13.7. The fraction of sp³-hybridized carbons (Fsp3) is 0.529. The van der Waals surface area contributed by atoms with Gasteiger partial charge in [-0.3, -0.25) is 9.69 Å². The predicted molar refractivity (Wildman–Crippen MR) is 92.4 cm³/mol. The van der Waals surface area contributed by atoms with Crippen LogP contribution in [-0.4, -0.2) is 36.4 Å². The van der Waals surface area contributed by atoms with Gasteiger partial charge in [0.15, 0.2) is 5.11 Å². The van der Waals surface area contributed by atoms with Crippen LogP contribution in [0, 0.1) is 0 Å². The molecule has 1 N–H and O–H groups in total. The zero-order valence-corrected chi connectivity index (χ0v) is 14.1. The Bertz CT molecular complexity index is 587. The number of carbonyl (C=O) groups excluding carboxylic acids is 1. The van der Waals surface area contributed by atoms with Gasteiger partial charge in [0, 0.05) is 6.61 Å². The van der Waals surface area contributed by atoms with Crippen molar-refractivity contribution in [1.82, 2.24) is 5.32 Å². The Hall–Kier alpha value is -1.50. The van der Waals surface area contributed by atoms with E-state index in [-0.39, 0.29) is 18.1 Å². The number of amides is 1. The van der Waals surface area contributed by atoms with Crippen LogP contribution in [0.25, 0.3) is 0 Å². The third-order valence-corrected chi connectivity index (χ3v) is 4.45. The molecule has 2 unspecified atom stereocenters. The maximum Gasteiger partial charge on any atom is 0.255 e. The second-order valence-corrected chi connectivity index (χ2v) is 6.41. The maximum atomic E-state index is 12.2. The van der Waals surface area contributed by atoms with E-state index in [1.165, 1.54) is 6.42 Å². The Labute approximate surface area is 141 Å². The molecule has 5 nitrogen and oxygen atoms in total. The number of rotatable bonds is 5. The van der Waals surface area contributed by atoms with E-state index in [1.54, 1.807) is 4.90 Å². The van der Waals surface area contributed by atoms with Crippen molar-refractivity contribution in [2.75, 3.05) is 18.1 Å². The SMILES string of the molecule is CC1NC(=S)N(c2cccc(COCC3CCCCO3)c2)C1=O. The summed E-state index contributed by atoms with van der Waals surface area (Å²) in [6.45, 7) is 3.77. The molecule has 0 radical (unpaired) electrons. The van der Waals surface area contributed by atoms with Crippen molar-refractivity contribution in [3.8, 4) is 0 Å². The molecule has 23 heavy (non-hydrogen) atoms. The Kier molecular flexibility index (Phi) is 5.25. The van der Waals surface area contributed by atoms with Crippen LogP contribution in [0.3, 0.4) is 0 Å². The lowest BCUT2D eigenvalue weighted by Gasteiger charge is -2.22. The monoisotopic (exact) mass is 334 g/mol. The molecule has 0 aromatic heterocycles. The zero-order valence-electron chi connectivity index (χ0n) is 13.3. The van der Waals surface area contributed by atoms with Crippen LogP contribution in [0.15, 0.2) is 24.3 Å². The predicted octanol–water partition coefficient (Wildman–Crippen LogP) is 2.38. The highest BCUT2D eigenvalue weighted by Gasteiger charge is 2.33. The van der Waals surface area contributed by atoms with Crippen LogP contribution >= 0.6 is 12.2 Å². The maximum absolute atomic E-state index is 12.2. The van der Waals surface area contributed by atoms with Gasteiger partial charge in [-0.1, -0.05) is 12.1 Å². The normalized spacial score (nSPS) is 24.8. The number of benzene rings is 1. The molecule has 2 fully saturated rings. The van der Waals surface area contributed by atoms with Gasteiger partial charge in [-0.2, -0.15) is 0 Å². The minimum Gasteiger partial charge on any atom is -0.376 e. The minimum atomic E-state index is -0.272. The van der Waals surface area contributed by atoms with Crippen molar-refractivity contribution in [2.24, 2.45) is 0 Å². The largest absolute Gasteiger partial charge is 0.376 e. The summed E-state index contributed by atoms with van der Waals surface area (Å²) in [5.74, 6) is -0.0244. The van der Waals surface area contributed by atoms with E-state index in [0.717, 1.165) is 30.7 Å². The number of hydrogen-bond donors (Lipinski definition) is 1. The van der Waals surface area contributed by atoms with Gasteiger partial charge in [0.25, 0.3) is 5.91 Å². The first kappa shape index (κ1) is 16.4. The average Bonchev–Trinajstić information content (AvgIpc) is 2.81. The Morgan fingerprint density at radius 2 is 2.30 bits per heavy atom. The van der Waals surface area contributed by atoms with Gasteiger partial charge in [-0.05, 0) is 56.1 Å². The van der Waals surface area contributed by atoms with E-state index in [0.29, 0.717) is 18.3 Å². The van der Waals surface area contributed by atoms with Crippen molar-refractivity contribution in [1.29, 1.82) is 0 Å². The molecule has 0 saturated carbocycles. The van der Waals surface area contributed by atoms with Crippen LogP contribution in [0.2, 0.25) is 0 Å². The number of nitrogens with zero attached hydrogens (tertiary/aromatic N) is 1. The van der Waals surface area contributed by atoms with Gasteiger partial charge in [-0.25, -0.2) is 0 Å². The van der Waals surface area contributed by atoms with Gasteiger partial charge in [0.2, 0.25) is 0 Å². The lowest BCUT2D eigenvalue weighted by atomic mass is 10.1. The summed E-state index contributed by atoms with van der Waals surface area (Å²) in [7, 11) is 0. The van der Waals surface area contributed by atoms with Crippen molar-refractivity contribution in [3.05, 3.63) is 29.8 Å². The quantitative estimate of drug-likeness (QED) is 0.838. The summed E-state index contributed by atoms with van der Waals surface area (Å²) in [6, 6.07) is 7.48. The van der Waals surface area contributed by atoms with E-state index in [2.05, 4.69) is 5.32 Å². The number of thiocarbonyl (C=S) groups is 1. The fourth-order valence-electron chi connectivity index (χ4n) is 2.88. The molecule has 6 heteroatoms. The van der Waals surface area contributed by atoms with E-state index in [1.807, 2.05) is 31.2 Å². The summed E-state index contributed by atoms with van der Waals surface area (Å²) in [5.41, 5.74) is 1.81.